The minimum absolute atomic E-state index is 0.142. The molecule has 7 heteroatoms. The number of unbranched alkanes of at least 4 members (excludes halogenated alkanes) is 1. The maximum Gasteiger partial charge on any atom is 0.262 e. The first-order valence-electron chi connectivity index (χ1n) is 10.0. The number of amides is 2. The molecular formula is C23H28ClN3O3. The fourth-order valence-corrected chi connectivity index (χ4v) is 2.90. The molecule has 1 unspecified atom stereocenters. The fraction of sp³-hybridized carbons (Fsp3) is 0.348. The number of carbonyl (C=O) groups excluding carboxylic acids is 2. The Hall–Kier alpha value is -2.86. The number of hydrogen-bond acceptors (Lipinski definition) is 4. The Morgan fingerprint density at radius 3 is 2.53 bits per heavy atom. The Bertz CT molecular complexity index is 884. The van der Waals surface area contributed by atoms with Gasteiger partial charge in [0.2, 0.25) is 0 Å². The van der Waals surface area contributed by atoms with Crippen LogP contribution in [-0.4, -0.2) is 30.7 Å². The molecule has 0 fully saturated rings. The number of benzene rings is 2. The summed E-state index contributed by atoms with van der Waals surface area (Å²) < 4.78 is 5.76. The summed E-state index contributed by atoms with van der Waals surface area (Å²) in [7, 11) is 0. The van der Waals surface area contributed by atoms with E-state index in [1.54, 1.807) is 24.3 Å². The Morgan fingerprint density at radius 1 is 1.13 bits per heavy atom. The van der Waals surface area contributed by atoms with Crippen LogP contribution in [0.4, 0.5) is 0 Å². The van der Waals surface area contributed by atoms with Crippen molar-refractivity contribution in [2.45, 2.75) is 39.7 Å². The molecule has 0 bridgehead atoms. The third-order valence-corrected chi connectivity index (χ3v) is 4.74. The van der Waals surface area contributed by atoms with Crippen molar-refractivity contribution in [1.29, 1.82) is 0 Å². The van der Waals surface area contributed by atoms with Gasteiger partial charge >= 0.3 is 0 Å². The van der Waals surface area contributed by atoms with Crippen molar-refractivity contribution in [2.24, 2.45) is 11.0 Å². The Morgan fingerprint density at radius 2 is 1.83 bits per heavy atom. The number of halogens is 1. The van der Waals surface area contributed by atoms with Crippen molar-refractivity contribution < 1.29 is 14.3 Å². The zero-order chi connectivity index (χ0) is 21.9. The van der Waals surface area contributed by atoms with Crippen LogP contribution >= 0.6 is 11.6 Å². The van der Waals surface area contributed by atoms with Crippen molar-refractivity contribution >= 4 is 29.6 Å². The van der Waals surface area contributed by atoms with E-state index in [-0.39, 0.29) is 5.92 Å². The smallest absolute Gasteiger partial charge is 0.262 e. The lowest BCUT2D eigenvalue weighted by molar-refractivity contribution is -0.123. The van der Waals surface area contributed by atoms with Crippen molar-refractivity contribution in [1.82, 2.24) is 10.7 Å². The average molecular weight is 430 g/mol. The van der Waals surface area contributed by atoms with E-state index in [1.807, 2.05) is 38.1 Å². The molecule has 0 aromatic heterocycles. The molecule has 0 saturated heterocycles. The number of ether oxygens (including phenoxy) is 1. The van der Waals surface area contributed by atoms with Gasteiger partial charge < -0.3 is 10.1 Å². The molecule has 0 heterocycles. The van der Waals surface area contributed by atoms with Gasteiger partial charge in [0, 0.05) is 5.56 Å². The summed E-state index contributed by atoms with van der Waals surface area (Å²) >= 11 is 6.08. The van der Waals surface area contributed by atoms with Gasteiger partial charge in [0.25, 0.3) is 11.8 Å². The number of nitrogens with one attached hydrogen (secondary N) is 2. The average Bonchev–Trinajstić information content (AvgIpc) is 2.73. The SMILES string of the molecule is CCCCOc1ccccc1C=NNC(=O)C(NC(=O)c1ccccc1Cl)C(C)C. The van der Waals surface area contributed by atoms with Gasteiger partial charge in [-0.25, -0.2) is 5.43 Å². The monoisotopic (exact) mass is 429 g/mol. The maximum atomic E-state index is 12.6. The molecule has 2 amide bonds. The second kappa shape index (κ2) is 12.0. The lowest BCUT2D eigenvalue weighted by Gasteiger charge is -2.20. The predicted octanol–water partition coefficient (Wildman–Crippen LogP) is 4.42. The van der Waals surface area contributed by atoms with E-state index < -0.39 is 17.9 Å². The van der Waals surface area contributed by atoms with Crippen LogP contribution in [0.15, 0.2) is 53.6 Å². The lowest BCUT2D eigenvalue weighted by atomic mass is 10.0. The Balaban J connectivity index is 2.02. The molecule has 0 spiro atoms. The number of hydrazone groups is 1. The third kappa shape index (κ3) is 6.88. The van der Waals surface area contributed by atoms with Crippen LogP contribution in [0.5, 0.6) is 5.75 Å². The zero-order valence-corrected chi connectivity index (χ0v) is 18.3. The highest BCUT2D eigenvalue weighted by atomic mass is 35.5. The van der Waals surface area contributed by atoms with E-state index in [0.29, 0.717) is 22.9 Å². The molecule has 6 nitrogen and oxygen atoms in total. The first kappa shape index (κ1) is 23.4. The fourth-order valence-electron chi connectivity index (χ4n) is 2.68. The summed E-state index contributed by atoms with van der Waals surface area (Å²) in [4.78, 5) is 25.1. The molecule has 0 aliphatic rings. The summed E-state index contributed by atoms with van der Waals surface area (Å²) in [6.45, 7) is 6.41. The Labute approximate surface area is 182 Å². The van der Waals surface area contributed by atoms with Crippen LogP contribution in [0.25, 0.3) is 0 Å². The topological polar surface area (TPSA) is 79.8 Å². The zero-order valence-electron chi connectivity index (χ0n) is 17.5. The lowest BCUT2D eigenvalue weighted by Crippen LogP contribution is -2.48. The summed E-state index contributed by atoms with van der Waals surface area (Å²) in [6.07, 6.45) is 3.54. The molecule has 0 radical (unpaired) electrons. The first-order chi connectivity index (χ1) is 14.4. The summed E-state index contributed by atoms with van der Waals surface area (Å²) in [5, 5.41) is 7.11. The summed E-state index contributed by atoms with van der Waals surface area (Å²) in [5.41, 5.74) is 3.58. The number of nitrogens with zero attached hydrogens (tertiary/aromatic N) is 1. The molecular weight excluding hydrogens is 402 g/mol. The minimum atomic E-state index is -0.762. The van der Waals surface area contributed by atoms with E-state index in [0.717, 1.165) is 18.4 Å². The quantitative estimate of drug-likeness (QED) is 0.333. The number of hydrogen-bond donors (Lipinski definition) is 2. The molecule has 30 heavy (non-hydrogen) atoms. The molecule has 2 N–H and O–H groups in total. The highest BCUT2D eigenvalue weighted by molar-refractivity contribution is 6.33. The van der Waals surface area contributed by atoms with Crippen molar-refractivity contribution in [2.75, 3.05) is 6.61 Å². The van der Waals surface area contributed by atoms with Crippen molar-refractivity contribution in [3.8, 4) is 5.75 Å². The highest BCUT2D eigenvalue weighted by Crippen LogP contribution is 2.17. The van der Waals surface area contributed by atoms with Crippen molar-refractivity contribution in [3.05, 3.63) is 64.7 Å². The van der Waals surface area contributed by atoms with E-state index in [2.05, 4.69) is 22.8 Å². The number of rotatable bonds is 10. The van der Waals surface area contributed by atoms with Crippen LogP contribution in [0, 0.1) is 5.92 Å². The van der Waals surface area contributed by atoms with Gasteiger partial charge in [0.15, 0.2) is 0 Å². The number of carbonyl (C=O) groups is 2. The van der Waals surface area contributed by atoms with Gasteiger partial charge in [-0.2, -0.15) is 5.10 Å². The second-order valence-electron chi connectivity index (χ2n) is 7.15. The van der Waals surface area contributed by atoms with E-state index in [9.17, 15) is 9.59 Å². The van der Waals surface area contributed by atoms with Gasteiger partial charge in [0.05, 0.1) is 23.4 Å². The standard InChI is InChI=1S/C23H28ClN3O3/c1-4-5-14-30-20-13-9-6-10-17(20)15-25-27-23(29)21(16(2)3)26-22(28)18-11-7-8-12-19(18)24/h6-13,15-16,21H,4-5,14H2,1-3H3,(H,26,28)(H,27,29). The third-order valence-electron chi connectivity index (χ3n) is 4.41. The summed E-state index contributed by atoms with van der Waals surface area (Å²) in [5.74, 6) is -0.258. The molecule has 1 atom stereocenters. The minimum Gasteiger partial charge on any atom is -0.493 e. The predicted molar refractivity (Wildman–Crippen MR) is 120 cm³/mol. The second-order valence-corrected chi connectivity index (χ2v) is 7.56. The normalized spacial score (nSPS) is 12.0. The maximum absolute atomic E-state index is 12.6. The van der Waals surface area contributed by atoms with Crippen LogP contribution in [0.1, 0.15) is 49.5 Å². The van der Waals surface area contributed by atoms with Gasteiger partial charge in [-0.05, 0) is 36.6 Å². The van der Waals surface area contributed by atoms with E-state index >= 15 is 0 Å². The van der Waals surface area contributed by atoms with Gasteiger partial charge in [-0.1, -0.05) is 63.1 Å². The van der Waals surface area contributed by atoms with Crippen LogP contribution in [0.3, 0.4) is 0 Å². The van der Waals surface area contributed by atoms with E-state index in [1.165, 1.54) is 6.21 Å². The summed E-state index contributed by atoms with van der Waals surface area (Å²) in [6, 6.07) is 13.4. The van der Waals surface area contributed by atoms with Crippen LogP contribution in [0.2, 0.25) is 5.02 Å². The van der Waals surface area contributed by atoms with Crippen LogP contribution in [-0.2, 0) is 4.79 Å². The van der Waals surface area contributed by atoms with Crippen LogP contribution < -0.4 is 15.5 Å². The molecule has 160 valence electrons. The van der Waals surface area contributed by atoms with Crippen molar-refractivity contribution in [3.63, 3.8) is 0 Å². The molecule has 2 aromatic rings. The van der Waals surface area contributed by atoms with E-state index in [4.69, 9.17) is 16.3 Å². The van der Waals surface area contributed by atoms with Gasteiger partial charge in [-0.3, -0.25) is 9.59 Å². The van der Waals surface area contributed by atoms with Gasteiger partial charge in [-0.15, -0.1) is 0 Å². The molecule has 2 aromatic carbocycles. The number of para-hydroxylation sites is 1. The molecule has 0 saturated carbocycles. The van der Waals surface area contributed by atoms with Gasteiger partial charge in [0.1, 0.15) is 11.8 Å². The largest absolute Gasteiger partial charge is 0.493 e. The highest BCUT2D eigenvalue weighted by Gasteiger charge is 2.25. The first-order valence-corrected chi connectivity index (χ1v) is 10.4. The Kier molecular flexibility index (Phi) is 9.35. The molecule has 2 rings (SSSR count). The molecule has 0 aliphatic heterocycles. The molecule has 0 aliphatic carbocycles.